The lowest BCUT2D eigenvalue weighted by Gasteiger charge is -2.36. The molecule has 5 N–H and O–H groups in total. The first-order chi connectivity index (χ1) is 14.8. The summed E-state index contributed by atoms with van der Waals surface area (Å²) < 4.78 is 13.4. The molecule has 2 aromatic carbocycles. The van der Waals surface area contributed by atoms with E-state index in [0.29, 0.717) is 17.2 Å². The minimum absolute atomic E-state index is 0.0367. The van der Waals surface area contributed by atoms with Gasteiger partial charge in [-0.2, -0.15) is 0 Å². The van der Waals surface area contributed by atoms with E-state index in [2.05, 4.69) is 51.2 Å². The Morgan fingerprint density at radius 1 is 1.19 bits per heavy atom. The maximum absolute atomic E-state index is 13.4. The van der Waals surface area contributed by atoms with Crippen molar-refractivity contribution in [3.05, 3.63) is 53.1 Å². The normalized spacial score (nSPS) is 14.8. The van der Waals surface area contributed by atoms with Crippen LogP contribution in [0, 0.1) is 17.7 Å². The first-order valence-electron chi connectivity index (χ1n) is 10.2. The van der Waals surface area contributed by atoms with Crippen molar-refractivity contribution < 1.29 is 9.71 Å². The molecule has 0 saturated carbocycles. The van der Waals surface area contributed by atoms with Gasteiger partial charge in [0.2, 0.25) is 0 Å². The van der Waals surface area contributed by atoms with E-state index in [9.17, 15) is 4.39 Å². The number of aromatic nitrogens is 2. The van der Waals surface area contributed by atoms with Crippen LogP contribution < -0.4 is 16.4 Å². The maximum atomic E-state index is 13.4. The number of nitrogens with one attached hydrogen (secondary N) is 1. The minimum atomic E-state index is -0.474. The molecule has 1 aliphatic heterocycles. The Hall–Kier alpha value is -2.92. The third-order valence-electron chi connectivity index (χ3n) is 5.49. The summed E-state index contributed by atoms with van der Waals surface area (Å²) >= 11 is 5.88. The van der Waals surface area contributed by atoms with Crippen LogP contribution in [0.5, 0.6) is 0 Å². The number of anilines is 3. The predicted octanol–water partition coefficient (Wildman–Crippen LogP) is 2.76. The number of halogens is 2. The largest absolute Gasteiger partial charge is 0.398 e. The van der Waals surface area contributed by atoms with Crippen LogP contribution in [0.2, 0.25) is 5.02 Å². The van der Waals surface area contributed by atoms with Crippen LogP contribution in [0.25, 0.3) is 10.9 Å². The Labute approximate surface area is 186 Å². The van der Waals surface area contributed by atoms with Crippen molar-refractivity contribution in [3.63, 3.8) is 0 Å². The van der Waals surface area contributed by atoms with Crippen molar-refractivity contribution in [1.82, 2.24) is 14.9 Å². The highest BCUT2D eigenvalue weighted by Gasteiger charge is 2.27. The molecule has 6 nitrogen and oxygen atoms in total. The molecule has 4 rings (SSSR count). The summed E-state index contributed by atoms with van der Waals surface area (Å²) in [5, 5.41) is 6.27. The molecule has 0 radical (unpaired) electrons. The number of piperazine rings is 1. The molecule has 160 valence electrons. The quantitative estimate of drug-likeness (QED) is 0.431. The molecule has 1 saturated heterocycles. The van der Waals surface area contributed by atoms with Gasteiger partial charge in [0.1, 0.15) is 18.0 Å². The Bertz CT molecular complexity index is 1180. The lowest BCUT2D eigenvalue weighted by Crippen LogP contribution is -2.90. The van der Waals surface area contributed by atoms with Crippen molar-refractivity contribution in [2.24, 2.45) is 0 Å². The fraction of sp³-hybridized carbons (Fsp3) is 0.304. The number of hydrogen-bond acceptors (Lipinski definition) is 5. The Kier molecular flexibility index (Phi) is 5.96. The van der Waals surface area contributed by atoms with Gasteiger partial charge < -0.3 is 16.4 Å². The molecule has 0 amide bonds. The Morgan fingerprint density at radius 2 is 1.97 bits per heavy atom. The number of nitrogen functional groups attached to an aromatic ring is 1. The molecule has 31 heavy (non-hydrogen) atoms. The van der Waals surface area contributed by atoms with E-state index in [1.807, 2.05) is 12.1 Å². The summed E-state index contributed by atoms with van der Waals surface area (Å²) in [5.41, 5.74) is 8.71. The molecular weight excluding hydrogens is 415 g/mol. The zero-order valence-corrected chi connectivity index (χ0v) is 18.3. The van der Waals surface area contributed by atoms with Crippen LogP contribution in [0.4, 0.5) is 21.6 Å². The van der Waals surface area contributed by atoms with Gasteiger partial charge in [-0.25, -0.2) is 14.4 Å². The molecule has 1 fully saturated rings. The second-order valence-corrected chi connectivity index (χ2v) is 8.50. The predicted molar refractivity (Wildman–Crippen MR) is 123 cm³/mol. The molecule has 0 aliphatic carbocycles. The summed E-state index contributed by atoms with van der Waals surface area (Å²) in [6.07, 6.45) is 1.47. The molecule has 0 unspecified atom stereocenters. The van der Waals surface area contributed by atoms with Gasteiger partial charge in [-0.1, -0.05) is 23.4 Å². The van der Waals surface area contributed by atoms with Gasteiger partial charge in [-0.3, -0.25) is 4.90 Å². The van der Waals surface area contributed by atoms with E-state index in [4.69, 9.17) is 17.3 Å². The highest BCUT2D eigenvalue weighted by atomic mass is 35.5. The van der Waals surface area contributed by atoms with Gasteiger partial charge in [-0.15, -0.1) is 0 Å². The van der Waals surface area contributed by atoms with E-state index >= 15 is 0 Å². The van der Waals surface area contributed by atoms with Crippen LogP contribution in [0.3, 0.4) is 0 Å². The molecule has 0 bridgehead atoms. The summed E-state index contributed by atoms with van der Waals surface area (Å²) in [5.74, 6) is 6.73. The lowest BCUT2D eigenvalue weighted by molar-refractivity contribution is -0.664. The van der Waals surface area contributed by atoms with E-state index in [1.54, 1.807) is 6.07 Å². The van der Waals surface area contributed by atoms with Crippen LogP contribution in [-0.2, 0) is 0 Å². The van der Waals surface area contributed by atoms with Gasteiger partial charge >= 0.3 is 0 Å². The smallest absolute Gasteiger partial charge is 0.141 e. The number of benzene rings is 2. The van der Waals surface area contributed by atoms with E-state index in [0.717, 1.165) is 42.6 Å². The first-order valence-corrected chi connectivity index (χ1v) is 10.6. The standard InChI is InChI=1S/C23H24ClFN6/c1-23(2,31-9-7-27-8-10-31)6-5-15-11-21-17(13-20(15)26)22(29-14-28-21)30-16-3-4-19(25)18(24)12-16/h3-4,11-14,27H,7-10,26H2,1-2H3,(H,28,29,30)/p+1. The van der Waals surface area contributed by atoms with Gasteiger partial charge in [0.25, 0.3) is 0 Å². The number of nitrogens with two attached hydrogens (primary N) is 2. The average molecular weight is 440 g/mol. The Balaban J connectivity index is 1.65. The molecule has 0 atom stereocenters. The number of fused-ring (bicyclic) bond motifs is 1. The number of quaternary nitrogens is 1. The Morgan fingerprint density at radius 3 is 2.71 bits per heavy atom. The third-order valence-corrected chi connectivity index (χ3v) is 5.78. The van der Waals surface area contributed by atoms with Gasteiger partial charge in [0.15, 0.2) is 0 Å². The molecule has 1 aromatic heterocycles. The zero-order chi connectivity index (χ0) is 22.0. The summed E-state index contributed by atoms with van der Waals surface area (Å²) in [6.45, 7) is 8.50. The van der Waals surface area contributed by atoms with E-state index in [1.165, 1.54) is 18.5 Å². The number of nitrogens with zero attached hydrogens (tertiary/aromatic N) is 3. The van der Waals surface area contributed by atoms with Crippen LogP contribution in [0.1, 0.15) is 19.4 Å². The molecule has 3 aromatic rings. The SMILES string of the molecule is CC(C)(C#Cc1cc2ncnc(Nc3ccc(F)c(Cl)c3)c2cc1N)N1CC[NH2+]CC1. The number of hydrogen-bond donors (Lipinski definition) is 3. The number of rotatable bonds is 3. The highest BCUT2D eigenvalue weighted by molar-refractivity contribution is 6.31. The van der Waals surface area contributed by atoms with Crippen molar-refractivity contribution in [3.8, 4) is 11.8 Å². The van der Waals surface area contributed by atoms with Crippen molar-refractivity contribution in [1.29, 1.82) is 0 Å². The fourth-order valence-corrected chi connectivity index (χ4v) is 3.83. The summed E-state index contributed by atoms with van der Waals surface area (Å²) in [7, 11) is 0. The topological polar surface area (TPSA) is 83.7 Å². The molecule has 1 aliphatic rings. The molecular formula is C23H25ClFN6+. The van der Waals surface area contributed by atoms with Gasteiger partial charge in [0.05, 0.1) is 29.2 Å². The first kappa shape index (κ1) is 21.3. The van der Waals surface area contributed by atoms with Crippen LogP contribution in [-0.4, -0.2) is 46.6 Å². The maximum Gasteiger partial charge on any atom is 0.141 e. The second-order valence-electron chi connectivity index (χ2n) is 8.09. The highest BCUT2D eigenvalue weighted by Crippen LogP contribution is 2.28. The van der Waals surface area contributed by atoms with Crippen molar-refractivity contribution >= 4 is 39.7 Å². The van der Waals surface area contributed by atoms with E-state index in [-0.39, 0.29) is 10.6 Å². The lowest BCUT2D eigenvalue weighted by atomic mass is 10.0. The molecule has 2 heterocycles. The fourth-order valence-electron chi connectivity index (χ4n) is 3.65. The van der Waals surface area contributed by atoms with E-state index < -0.39 is 5.82 Å². The van der Waals surface area contributed by atoms with Crippen molar-refractivity contribution in [2.45, 2.75) is 19.4 Å². The van der Waals surface area contributed by atoms with Crippen LogP contribution in [0.15, 0.2) is 36.7 Å². The van der Waals surface area contributed by atoms with Gasteiger partial charge in [0, 0.05) is 35.4 Å². The zero-order valence-electron chi connectivity index (χ0n) is 17.5. The third kappa shape index (κ3) is 4.72. The second kappa shape index (κ2) is 8.67. The summed E-state index contributed by atoms with van der Waals surface area (Å²) in [4.78, 5) is 11.1. The molecule has 0 spiro atoms. The van der Waals surface area contributed by atoms with Gasteiger partial charge in [-0.05, 0) is 44.2 Å². The summed E-state index contributed by atoms with van der Waals surface area (Å²) in [6, 6.07) is 8.10. The molecule has 8 heteroatoms. The monoisotopic (exact) mass is 439 g/mol. The minimum Gasteiger partial charge on any atom is -0.398 e. The average Bonchev–Trinajstić information content (AvgIpc) is 2.76. The van der Waals surface area contributed by atoms with Crippen molar-refractivity contribution in [2.75, 3.05) is 37.2 Å². The van der Waals surface area contributed by atoms with Crippen LogP contribution >= 0.6 is 11.6 Å².